The van der Waals surface area contributed by atoms with Crippen LogP contribution in [0, 0.1) is 6.92 Å². The molecule has 0 saturated carbocycles. The first kappa shape index (κ1) is 13.3. The zero-order valence-electron chi connectivity index (χ0n) is 11.2. The second kappa shape index (κ2) is 4.86. The normalized spacial score (nSPS) is 18.7. The zero-order valence-corrected chi connectivity index (χ0v) is 12.0. The monoisotopic (exact) mass is 264 g/mol. The molecule has 3 nitrogen and oxygen atoms in total. The highest BCUT2D eigenvalue weighted by Crippen LogP contribution is 2.30. The van der Waals surface area contributed by atoms with E-state index >= 15 is 0 Å². The summed E-state index contributed by atoms with van der Waals surface area (Å²) in [7, 11) is 0. The van der Waals surface area contributed by atoms with Gasteiger partial charge >= 0.3 is 0 Å². The average molecular weight is 264 g/mol. The van der Waals surface area contributed by atoms with Gasteiger partial charge in [-0.05, 0) is 38.5 Å². The number of hydrogen-bond donors (Lipinski definition) is 1. The van der Waals surface area contributed by atoms with Gasteiger partial charge in [-0.3, -0.25) is 0 Å². The van der Waals surface area contributed by atoms with E-state index in [2.05, 4.69) is 31.7 Å². The van der Waals surface area contributed by atoms with Crippen molar-refractivity contribution in [3.63, 3.8) is 0 Å². The van der Waals surface area contributed by atoms with Gasteiger partial charge in [0.25, 0.3) is 0 Å². The van der Waals surface area contributed by atoms with Gasteiger partial charge in [-0.15, -0.1) is 0 Å². The Hall–Kier alpha value is -1.13. The Labute approximate surface area is 114 Å². The molecule has 0 atom stereocenters. The highest BCUT2D eigenvalue weighted by Gasteiger charge is 2.32. The van der Waals surface area contributed by atoms with Crippen molar-refractivity contribution in [2.24, 2.45) is 5.73 Å². The number of aryl methyl sites for hydroxylation is 1. The highest BCUT2D eigenvalue weighted by atomic mass is 32.1. The fourth-order valence-electron chi connectivity index (χ4n) is 2.38. The number of nitrogens with zero attached hydrogens (tertiary/aromatic N) is 1. The lowest BCUT2D eigenvalue weighted by atomic mass is 9.98. The van der Waals surface area contributed by atoms with Crippen molar-refractivity contribution < 1.29 is 4.74 Å². The molecule has 1 aromatic carbocycles. The molecule has 98 valence electrons. The van der Waals surface area contributed by atoms with E-state index in [0.29, 0.717) is 4.99 Å². The van der Waals surface area contributed by atoms with E-state index in [0.717, 1.165) is 31.0 Å². The summed E-state index contributed by atoms with van der Waals surface area (Å²) < 4.78 is 5.56. The molecule has 0 spiro atoms. The van der Waals surface area contributed by atoms with Gasteiger partial charge in [-0.2, -0.15) is 0 Å². The van der Waals surface area contributed by atoms with Crippen LogP contribution in [0.25, 0.3) is 0 Å². The van der Waals surface area contributed by atoms with Crippen LogP contribution in [-0.4, -0.2) is 30.3 Å². The van der Waals surface area contributed by atoms with Crippen molar-refractivity contribution >= 4 is 22.9 Å². The third kappa shape index (κ3) is 2.49. The third-order valence-electron chi connectivity index (χ3n) is 3.35. The van der Waals surface area contributed by atoms with Gasteiger partial charge in [0.15, 0.2) is 0 Å². The fourth-order valence-corrected chi connectivity index (χ4v) is 2.55. The van der Waals surface area contributed by atoms with E-state index < -0.39 is 0 Å². The van der Waals surface area contributed by atoms with Gasteiger partial charge in [0, 0.05) is 17.8 Å². The molecule has 2 N–H and O–H groups in total. The van der Waals surface area contributed by atoms with Crippen molar-refractivity contribution in [3.8, 4) is 0 Å². The molecule has 1 heterocycles. The Morgan fingerprint density at radius 1 is 1.44 bits per heavy atom. The maximum absolute atomic E-state index is 5.83. The number of benzene rings is 1. The molecule has 4 heteroatoms. The van der Waals surface area contributed by atoms with Gasteiger partial charge in [-0.25, -0.2) is 0 Å². The molecular weight excluding hydrogens is 244 g/mol. The molecular formula is C14H20N2OS. The van der Waals surface area contributed by atoms with E-state index in [4.69, 9.17) is 22.7 Å². The largest absolute Gasteiger partial charge is 0.389 e. The van der Waals surface area contributed by atoms with Crippen LogP contribution in [0.2, 0.25) is 0 Å². The average Bonchev–Trinajstić information content (AvgIpc) is 2.27. The predicted octanol–water partition coefficient (Wildman–Crippen LogP) is 2.24. The summed E-state index contributed by atoms with van der Waals surface area (Å²) in [5, 5.41) is 0. The first-order chi connectivity index (χ1) is 8.42. The summed E-state index contributed by atoms with van der Waals surface area (Å²) in [6.45, 7) is 8.77. The SMILES string of the molecule is Cc1ccc(C(N)=S)c(N2CCOCC2(C)C)c1. The number of ether oxygens (including phenoxy) is 1. The Kier molecular flexibility index (Phi) is 3.59. The van der Waals surface area contributed by atoms with Crippen LogP contribution in [0.5, 0.6) is 0 Å². The molecule has 1 saturated heterocycles. The minimum Gasteiger partial charge on any atom is -0.389 e. The fraction of sp³-hybridized carbons (Fsp3) is 0.500. The van der Waals surface area contributed by atoms with Gasteiger partial charge < -0.3 is 15.4 Å². The molecule has 2 rings (SSSR count). The van der Waals surface area contributed by atoms with Gasteiger partial charge in [0.1, 0.15) is 4.99 Å². The Morgan fingerprint density at radius 2 is 2.17 bits per heavy atom. The number of thiocarbonyl (C=S) groups is 1. The molecule has 18 heavy (non-hydrogen) atoms. The van der Waals surface area contributed by atoms with E-state index in [1.165, 1.54) is 5.56 Å². The number of rotatable bonds is 2. The van der Waals surface area contributed by atoms with Gasteiger partial charge in [-0.1, -0.05) is 18.3 Å². The summed E-state index contributed by atoms with van der Waals surface area (Å²) in [5.41, 5.74) is 9.08. The van der Waals surface area contributed by atoms with Crippen molar-refractivity contribution in [3.05, 3.63) is 29.3 Å². The van der Waals surface area contributed by atoms with Crippen LogP contribution >= 0.6 is 12.2 Å². The quantitative estimate of drug-likeness (QED) is 0.832. The number of nitrogens with two attached hydrogens (primary N) is 1. The Bertz CT molecular complexity index is 471. The van der Waals surface area contributed by atoms with Crippen molar-refractivity contribution in [1.82, 2.24) is 0 Å². The number of hydrogen-bond acceptors (Lipinski definition) is 3. The maximum Gasteiger partial charge on any atom is 0.106 e. The van der Waals surface area contributed by atoms with Crippen LogP contribution in [0.15, 0.2) is 18.2 Å². The van der Waals surface area contributed by atoms with E-state index in [1.807, 2.05) is 12.1 Å². The van der Waals surface area contributed by atoms with Crippen LogP contribution in [0.1, 0.15) is 25.0 Å². The molecule has 1 aliphatic heterocycles. The molecule has 0 amide bonds. The van der Waals surface area contributed by atoms with Crippen LogP contribution in [0.3, 0.4) is 0 Å². The lowest BCUT2D eigenvalue weighted by molar-refractivity contribution is 0.0644. The molecule has 0 radical (unpaired) electrons. The molecule has 0 bridgehead atoms. The first-order valence-corrected chi connectivity index (χ1v) is 6.58. The topological polar surface area (TPSA) is 38.5 Å². The van der Waals surface area contributed by atoms with Crippen molar-refractivity contribution in [1.29, 1.82) is 0 Å². The third-order valence-corrected chi connectivity index (χ3v) is 3.57. The summed E-state index contributed by atoms with van der Waals surface area (Å²) >= 11 is 5.16. The van der Waals surface area contributed by atoms with Crippen LogP contribution < -0.4 is 10.6 Å². The summed E-state index contributed by atoms with van der Waals surface area (Å²) in [6, 6.07) is 6.21. The summed E-state index contributed by atoms with van der Waals surface area (Å²) in [4.78, 5) is 2.80. The number of anilines is 1. The minimum absolute atomic E-state index is 0.0361. The second-order valence-corrected chi connectivity index (χ2v) is 5.84. The lowest BCUT2D eigenvalue weighted by Gasteiger charge is -2.44. The standard InChI is InChI=1S/C14H20N2OS/c1-10-4-5-11(13(15)18)12(8-10)16-6-7-17-9-14(16,2)3/h4-5,8H,6-7,9H2,1-3H3,(H2,15,18). The molecule has 1 aromatic rings. The van der Waals surface area contributed by atoms with Gasteiger partial charge in [0.05, 0.1) is 18.8 Å². The Morgan fingerprint density at radius 3 is 2.78 bits per heavy atom. The molecule has 1 fully saturated rings. The molecule has 1 aliphatic rings. The summed E-state index contributed by atoms with van der Waals surface area (Å²) in [6.07, 6.45) is 0. The Balaban J connectivity index is 2.48. The van der Waals surface area contributed by atoms with E-state index in [9.17, 15) is 0 Å². The summed E-state index contributed by atoms with van der Waals surface area (Å²) in [5.74, 6) is 0. The number of morpholine rings is 1. The molecule has 0 aliphatic carbocycles. The smallest absolute Gasteiger partial charge is 0.106 e. The maximum atomic E-state index is 5.83. The minimum atomic E-state index is -0.0361. The van der Waals surface area contributed by atoms with E-state index in [1.54, 1.807) is 0 Å². The zero-order chi connectivity index (χ0) is 13.3. The van der Waals surface area contributed by atoms with Gasteiger partial charge in [0.2, 0.25) is 0 Å². The van der Waals surface area contributed by atoms with Crippen molar-refractivity contribution in [2.45, 2.75) is 26.3 Å². The highest BCUT2D eigenvalue weighted by molar-refractivity contribution is 7.80. The second-order valence-electron chi connectivity index (χ2n) is 5.40. The first-order valence-electron chi connectivity index (χ1n) is 6.18. The van der Waals surface area contributed by atoms with Crippen LogP contribution in [-0.2, 0) is 4.74 Å². The van der Waals surface area contributed by atoms with E-state index in [-0.39, 0.29) is 5.54 Å². The van der Waals surface area contributed by atoms with Crippen LogP contribution in [0.4, 0.5) is 5.69 Å². The predicted molar refractivity (Wildman–Crippen MR) is 79.3 cm³/mol. The lowest BCUT2D eigenvalue weighted by Crippen LogP contribution is -2.53. The molecule has 0 aromatic heterocycles. The molecule has 0 unspecified atom stereocenters. The van der Waals surface area contributed by atoms with Crippen molar-refractivity contribution in [2.75, 3.05) is 24.7 Å².